The highest BCUT2D eigenvalue weighted by molar-refractivity contribution is 5.01. The summed E-state index contributed by atoms with van der Waals surface area (Å²) in [4.78, 5) is 2.71. The van der Waals surface area contributed by atoms with E-state index in [1.807, 2.05) is 17.9 Å². The van der Waals surface area contributed by atoms with Gasteiger partial charge in [0.05, 0.1) is 0 Å². The average Bonchev–Trinajstić information content (AvgIpc) is 2.91. The maximum Gasteiger partial charge on any atom is 0.0492 e. The zero-order valence-corrected chi connectivity index (χ0v) is 14.2. The molecule has 3 atom stereocenters. The molecular weight excluding hydrogens is 260 g/mol. The maximum absolute atomic E-state index is 4.28. The number of piperazine rings is 1. The molecule has 2 rings (SSSR count). The molecule has 1 saturated heterocycles. The van der Waals surface area contributed by atoms with Crippen LogP contribution in [-0.4, -0.2) is 46.4 Å². The number of nitrogens with one attached hydrogen (secondary N) is 1. The van der Waals surface area contributed by atoms with Gasteiger partial charge in [-0.2, -0.15) is 5.10 Å². The second-order valence-electron chi connectivity index (χ2n) is 6.53. The second-order valence-corrected chi connectivity index (χ2v) is 6.53. The van der Waals surface area contributed by atoms with Crippen LogP contribution in [0.1, 0.15) is 45.7 Å². The average molecular weight is 292 g/mol. The predicted octanol–water partition coefficient (Wildman–Crippen LogP) is 2.45. The Hall–Kier alpha value is -0.870. The first-order chi connectivity index (χ1) is 10.2. The Labute approximate surface area is 129 Å². The fraction of sp³-hybridized carbons (Fsp3) is 0.824. The van der Waals surface area contributed by atoms with Gasteiger partial charge in [0.15, 0.2) is 0 Å². The molecule has 0 spiro atoms. The Morgan fingerprint density at radius 3 is 2.86 bits per heavy atom. The van der Waals surface area contributed by atoms with E-state index in [-0.39, 0.29) is 0 Å². The van der Waals surface area contributed by atoms with E-state index in [0.29, 0.717) is 12.1 Å². The van der Waals surface area contributed by atoms with E-state index in [9.17, 15) is 0 Å². The standard InChI is InChI=1S/C17H32N4/c1-5-7-16-12-18-17(14(3)6-2)13-21(16)11-9-15-8-10-19-20(15)4/h8,10,14,16-18H,5-7,9,11-13H2,1-4H3. The summed E-state index contributed by atoms with van der Waals surface area (Å²) in [6.07, 6.45) is 6.82. The van der Waals surface area contributed by atoms with Crippen molar-refractivity contribution >= 4 is 0 Å². The summed E-state index contributed by atoms with van der Waals surface area (Å²) in [5, 5.41) is 8.06. The summed E-state index contributed by atoms with van der Waals surface area (Å²) >= 11 is 0. The Balaban J connectivity index is 1.95. The van der Waals surface area contributed by atoms with Crippen molar-refractivity contribution in [2.24, 2.45) is 13.0 Å². The minimum atomic E-state index is 0.648. The zero-order chi connectivity index (χ0) is 15.2. The molecule has 4 heteroatoms. The highest BCUT2D eigenvalue weighted by Gasteiger charge is 2.29. The molecule has 0 saturated carbocycles. The van der Waals surface area contributed by atoms with E-state index in [0.717, 1.165) is 25.4 Å². The molecule has 0 aliphatic carbocycles. The molecular formula is C17H32N4. The zero-order valence-electron chi connectivity index (χ0n) is 14.2. The molecule has 0 bridgehead atoms. The van der Waals surface area contributed by atoms with Crippen molar-refractivity contribution in [1.29, 1.82) is 0 Å². The van der Waals surface area contributed by atoms with Gasteiger partial charge in [-0.1, -0.05) is 33.6 Å². The second kappa shape index (κ2) is 7.95. The van der Waals surface area contributed by atoms with Crippen LogP contribution in [0.4, 0.5) is 0 Å². The third-order valence-corrected chi connectivity index (χ3v) is 5.09. The molecule has 120 valence electrons. The van der Waals surface area contributed by atoms with Crippen molar-refractivity contribution in [2.45, 2.75) is 58.5 Å². The summed E-state index contributed by atoms with van der Waals surface area (Å²) < 4.78 is 2.00. The summed E-state index contributed by atoms with van der Waals surface area (Å²) in [6.45, 7) is 10.5. The Morgan fingerprint density at radius 2 is 2.24 bits per heavy atom. The molecule has 1 N–H and O–H groups in total. The molecule has 4 nitrogen and oxygen atoms in total. The van der Waals surface area contributed by atoms with Crippen LogP contribution in [0.2, 0.25) is 0 Å². The topological polar surface area (TPSA) is 33.1 Å². The van der Waals surface area contributed by atoms with E-state index in [2.05, 4.69) is 42.2 Å². The summed E-state index contributed by atoms with van der Waals surface area (Å²) in [5.41, 5.74) is 1.34. The highest BCUT2D eigenvalue weighted by Crippen LogP contribution is 2.18. The Morgan fingerprint density at radius 1 is 1.43 bits per heavy atom. The van der Waals surface area contributed by atoms with Gasteiger partial charge < -0.3 is 5.32 Å². The molecule has 0 amide bonds. The number of nitrogens with zero attached hydrogens (tertiary/aromatic N) is 3. The van der Waals surface area contributed by atoms with Gasteiger partial charge in [0, 0.05) is 57.1 Å². The molecule has 3 unspecified atom stereocenters. The lowest BCUT2D eigenvalue weighted by molar-refractivity contribution is 0.104. The van der Waals surface area contributed by atoms with Crippen molar-refractivity contribution in [2.75, 3.05) is 19.6 Å². The quantitative estimate of drug-likeness (QED) is 0.838. The number of hydrogen-bond donors (Lipinski definition) is 1. The van der Waals surface area contributed by atoms with Crippen molar-refractivity contribution in [1.82, 2.24) is 20.0 Å². The SMILES string of the molecule is CCCC1CNC(C(C)CC)CN1CCc1ccnn1C. The van der Waals surface area contributed by atoms with Crippen LogP contribution in [0.15, 0.2) is 12.3 Å². The van der Waals surface area contributed by atoms with Crippen molar-refractivity contribution < 1.29 is 0 Å². The van der Waals surface area contributed by atoms with Crippen LogP contribution in [0.25, 0.3) is 0 Å². The fourth-order valence-corrected chi connectivity index (χ4v) is 3.34. The van der Waals surface area contributed by atoms with Crippen LogP contribution in [0, 0.1) is 5.92 Å². The van der Waals surface area contributed by atoms with Gasteiger partial charge in [-0.3, -0.25) is 9.58 Å². The molecule has 1 aliphatic heterocycles. The van der Waals surface area contributed by atoms with Gasteiger partial charge in [0.25, 0.3) is 0 Å². The smallest absolute Gasteiger partial charge is 0.0492 e. The van der Waals surface area contributed by atoms with Crippen LogP contribution in [-0.2, 0) is 13.5 Å². The summed E-state index contributed by atoms with van der Waals surface area (Å²) in [7, 11) is 2.04. The predicted molar refractivity (Wildman–Crippen MR) is 88.4 cm³/mol. The van der Waals surface area contributed by atoms with E-state index in [1.165, 1.54) is 31.5 Å². The third-order valence-electron chi connectivity index (χ3n) is 5.09. The number of aryl methyl sites for hydroxylation is 1. The van der Waals surface area contributed by atoms with Crippen LogP contribution < -0.4 is 5.32 Å². The number of aromatic nitrogens is 2. The van der Waals surface area contributed by atoms with Crippen molar-refractivity contribution in [3.63, 3.8) is 0 Å². The fourth-order valence-electron chi connectivity index (χ4n) is 3.34. The summed E-state index contributed by atoms with van der Waals surface area (Å²) in [5.74, 6) is 0.756. The Kier molecular flexibility index (Phi) is 6.24. The Bertz CT molecular complexity index is 415. The molecule has 1 aromatic rings. The molecule has 2 heterocycles. The molecule has 1 aromatic heterocycles. The maximum atomic E-state index is 4.28. The van der Waals surface area contributed by atoms with Crippen LogP contribution >= 0.6 is 0 Å². The molecule has 1 aliphatic rings. The first kappa shape index (κ1) is 16.5. The van der Waals surface area contributed by atoms with Gasteiger partial charge in [-0.15, -0.1) is 0 Å². The largest absolute Gasteiger partial charge is 0.311 e. The first-order valence-electron chi connectivity index (χ1n) is 8.60. The minimum absolute atomic E-state index is 0.648. The van der Waals surface area contributed by atoms with Gasteiger partial charge in [0.2, 0.25) is 0 Å². The van der Waals surface area contributed by atoms with E-state index < -0.39 is 0 Å². The number of hydrogen-bond acceptors (Lipinski definition) is 3. The van der Waals surface area contributed by atoms with Gasteiger partial charge in [-0.05, 0) is 18.4 Å². The number of rotatable bonds is 7. The molecule has 0 radical (unpaired) electrons. The first-order valence-corrected chi connectivity index (χ1v) is 8.60. The van der Waals surface area contributed by atoms with Crippen molar-refractivity contribution in [3.8, 4) is 0 Å². The lowest BCUT2D eigenvalue weighted by Gasteiger charge is -2.42. The molecule has 21 heavy (non-hydrogen) atoms. The van der Waals surface area contributed by atoms with Crippen LogP contribution in [0.5, 0.6) is 0 Å². The monoisotopic (exact) mass is 292 g/mol. The van der Waals surface area contributed by atoms with Gasteiger partial charge in [0.1, 0.15) is 0 Å². The van der Waals surface area contributed by atoms with Crippen molar-refractivity contribution in [3.05, 3.63) is 18.0 Å². The molecule has 1 fully saturated rings. The third kappa shape index (κ3) is 4.30. The minimum Gasteiger partial charge on any atom is -0.311 e. The van der Waals surface area contributed by atoms with E-state index in [1.54, 1.807) is 0 Å². The van der Waals surface area contributed by atoms with E-state index >= 15 is 0 Å². The lowest BCUT2D eigenvalue weighted by Crippen LogP contribution is -2.58. The van der Waals surface area contributed by atoms with Gasteiger partial charge >= 0.3 is 0 Å². The highest BCUT2D eigenvalue weighted by atomic mass is 15.3. The summed E-state index contributed by atoms with van der Waals surface area (Å²) in [6, 6.07) is 3.49. The van der Waals surface area contributed by atoms with Crippen LogP contribution in [0.3, 0.4) is 0 Å². The lowest BCUT2D eigenvalue weighted by atomic mass is 9.94. The molecule has 0 aromatic carbocycles. The van der Waals surface area contributed by atoms with E-state index in [4.69, 9.17) is 0 Å². The van der Waals surface area contributed by atoms with Gasteiger partial charge in [-0.25, -0.2) is 0 Å². The normalized spacial score (nSPS) is 25.1.